The maximum atomic E-state index is 12.8. The molecule has 0 saturated carbocycles. The van der Waals surface area contributed by atoms with Crippen LogP contribution < -0.4 is 10.1 Å². The SMILES string of the molecule is COc1ccc(CNc2nc(C(F)(F)F)nc(C)c2C)cc1. The van der Waals surface area contributed by atoms with E-state index < -0.39 is 12.0 Å². The Balaban J connectivity index is 2.19. The number of methoxy groups -OCH3 is 1. The van der Waals surface area contributed by atoms with Crippen molar-refractivity contribution in [2.75, 3.05) is 12.4 Å². The highest BCUT2D eigenvalue weighted by Gasteiger charge is 2.35. The highest BCUT2D eigenvalue weighted by atomic mass is 19.4. The third-order valence-electron chi connectivity index (χ3n) is 3.26. The van der Waals surface area contributed by atoms with Crippen LogP contribution in [0.3, 0.4) is 0 Å². The zero-order chi connectivity index (χ0) is 16.3. The van der Waals surface area contributed by atoms with Crippen molar-refractivity contribution in [3.63, 3.8) is 0 Å². The zero-order valence-corrected chi connectivity index (χ0v) is 12.5. The van der Waals surface area contributed by atoms with Crippen LogP contribution in [-0.2, 0) is 12.7 Å². The Morgan fingerprint density at radius 3 is 2.27 bits per heavy atom. The summed E-state index contributed by atoms with van der Waals surface area (Å²) >= 11 is 0. The van der Waals surface area contributed by atoms with Crippen LogP contribution in [-0.4, -0.2) is 17.1 Å². The number of anilines is 1. The molecule has 0 bridgehead atoms. The molecule has 7 heteroatoms. The number of hydrogen-bond donors (Lipinski definition) is 1. The summed E-state index contributed by atoms with van der Waals surface area (Å²) in [5.74, 6) is -0.222. The van der Waals surface area contributed by atoms with E-state index >= 15 is 0 Å². The second-order valence-corrected chi connectivity index (χ2v) is 4.81. The minimum absolute atomic E-state index is 0.190. The molecule has 0 saturated heterocycles. The molecule has 0 fully saturated rings. The Morgan fingerprint density at radius 1 is 1.09 bits per heavy atom. The van der Waals surface area contributed by atoms with Gasteiger partial charge in [0.2, 0.25) is 5.82 Å². The number of aryl methyl sites for hydroxylation is 1. The number of nitrogens with zero attached hydrogens (tertiary/aromatic N) is 2. The summed E-state index contributed by atoms with van der Waals surface area (Å²) in [6.07, 6.45) is -4.56. The lowest BCUT2D eigenvalue weighted by Crippen LogP contribution is -2.15. The van der Waals surface area contributed by atoms with Gasteiger partial charge in [-0.3, -0.25) is 0 Å². The van der Waals surface area contributed by atoms with Crippen LogP contribution >= 0.6 is 0 Å². The first-order chi connectivity index (χ1) is 10.3. The zero-order valence-electron chi connectivity index (χ0n) is 12.5. The summed E-state index contributed by atoms with van der Waals surface area (Å²) in [7, 11) is 1.57. The van der Waals surface area contributed by atoms with Crippen molar-refractivity contribution in [2.45, 2.75) is 26.6 Å². The summed E-state index contributed by atoms with van der Waals surface area (Å²) in [5.41, 5.74) is 1.81. The number of rotatable bonds is 4. The average molecular weight is 311 g/mol. The van der Waals surface area contributed by atoms with E-state index in [0.29, 0.717) is 17.8 Å². The Hall–Kier alpha value is -2.31. The molecule has 1 heterocycles. The molecule has 0 aliphatic carbocycles. The van der Waals surface area contributed by atoms with Crippen molar-refractivity contribution in [1.29, 1.82) is 0 Å². The van der Waals surface area contributed by atoms with Gasteiger partial charge in [-0.25, -0.2) is 9.97 Å². The Labute approximate surface area is 126 Å². The molecule has 22 heavy (non-hydrogen) atoms. The fourth-order valence-corrected chi connectivity index (χ4v) is 1.86. The van der Waals surface area contributed by atoms with Gasteiger partial charge in [0.15, 0.2) is 0 Å². The third kappa shape index (κ3) is 3.66. The fourth-order valence-electron chi connectivity index (χ4n) is 1.86. The lowest BCUT2D eigenvalue weighted by atomic mass is 10.2. The van der Waals surface area contributed by atoms with Gasteiger partial charge in [-0.1, -0.05) is 12.1 Å². The summed E-state index contributed by atoms with van der Waals surface area (Å²) in [6.45, 7) is 3.58. The molecule has 2 rings (SSSR count). The number of hydrogen-bond acceptors (Lipinski definition) is 4. The molecule has 118 valence electrons. The van der Waals surface area contributed by atoms with Crippen molar-refractivity contribution in [3.05, 3.63) is 46.9 Å². The number of nitrogens with one attached hydrogen (secondary N) is 1. The van der Waals surface area contributed by atoms with Gasteiger partial charge in [0.1, 0.15) is 11.6 Å². The van der Waals surface area contributed by atoms with Crippen molar-refractivity contribution in [3.8, 4) is 5.75 Å². The van der Waals surface area contributed by atoms with Gasteiger partial charge in [0.05, 0.1) is 7.11 Å². The van der Waals surface area contributed by atoms with E-state index in [2.05, 4.69) is 15.3 Å². The molecule has 2 aromatic rings. The van der Waals surface area contributed by atoms with E-state index in [9.17, 15) is 13.2 Å². The molecule has 0 radical (unpaired) electrons. The summed E-state index contributed by atoms with van der Waals surface area (Å²) < 4.78 is 43.3. The average Bonchev–Trinajstić information content (AvgIpc) is 2.48. The number of ether oxygens (including phenoxy) is 1. The molecule has 0 spiro atoms. The molecule has 0 atom stereocenters. The minimum atomic E-state index is -4.56. The second kappa shape index (κ2) is 6.21. The van der Waals surface area contributed by atoms with Gasteiger partial charge in [-0.2, -0.15) is 13.2 Å². The number of halogens is 3. The topological polar surface area (TPSA) is 47.0 Å². The molecular weight excluding hydrogens is 295 g/mol. The van der Waals surface area contributed by atoms with E-state index in [1.165, 1.54) is 6.92 Å². The quantitative estimate of drug-likeness (QED) is 0.934. The van der Waals surface area contributed by atoms with E-state index in [-0.39, 0.29) is 5.82 Å². The van der Waals surface area contributed by atoms with Crippen LogP contribution in [0.5, 0.6) is 5.75 Å². The maximum absolute atomic E-state index is 12.8. The van der Waals surface area contributed by atoms with Crippen LogP contribution in [0.2, 0.25) is 0 Å². The van der Waals surface area contributed by atoms with E-state index in [4.69, 9.17) is 4.74 Å². The van der Waals surface area contributed by atoms with Gasteiger partial charge in [-0.05, 0) is 31.5 Å². The third-order valence-corrected chi connectivity index (χ3v) is 3.26. The molecule has 1 aromatic heterocycles. The van der Waals surface area contributed by atoms with E-state index in [1.54, 1.807) is 26.2 Å². The fraction of sp³-hybridized carbons (Fsp3) is 0.333. The maximum Gasteiger partial charge on any atom is 0.451 e. The van der Waals surface area contributed by atoms with Gasteiger partial charge in [0, 0.05) is 17.8 Å². The standard InChI is InChI=1S/C15H16F3N3O/c1-9-10(2)20-14(15(16,17)18)21-13(9)19-8-11-4-6-12(22-3)7-5-11/h4-7H,8H2,1-3H3,(H,19,20,21). The monoisotopic (exact) mass is 311 g/mol. The van der Waals surface area contributed by atoms with Crippen molar-refractivity contribution in [1.82, 2.24) is 9.97 Å². The predicted octanol–water partition coefficient (Wildman–Crippen LogP) is 3.73. The highest BCUT2D eigenvalue weighted by Crippen LogP contribution is 2.28. The predicted molar refractivity (Wildman–Crippen MR) is 76.8 cm³/mol. The van der Waals surface area contributed by atoms with E-state index in [1.807, 2.05) is 12.1 Å². The molecule has 0 aliphatic heterocycles. The Bertz CT molecular complexity index is 654. The van der Waals surface area contributed by atoms with Crippen molar-refractivity contribution < 1.29 is 17.9 Å². The largest absolute Gasteiger partial charge is 0.497 e. The number of benzene rings is 1. The molecule has 1 aromatic carbocycles. The van der Waals surface area contributed by atoms with Crippen LogP contribution in [0.25, 0.3) is 0 Å². The summed E-state index contributed by atoms with van der Waals surface area (Å²) in [5, 5.41) is 2.93. The van der Waals surface area contributed by atoms with Crippen LogP contribution in [0.1, 0.15) is 22.6 Å². The first-order valence-corrected chi connectivity index (χ1v) is 6.60. The van der Waals surface area contributed by atoms with Crippen LogP contribution in [0.15, 0.2) is 24.3 Å². The first kappa shape index (κ1) is 16.1. The second-order valence-electron chi connectivity index (χ2n) is 4.81. The molecule has 4 nitrogen and oxygen atoms in total. The highest BCUT2D eigenvalue weighted by molar-refractivity contribution is 5.46. The summed E-state index contributed by atoms with van der Waals surface area (Å²) in [4.78, 5) is 7.07. The Kier molecular flexibility index (Phi) is 4.54. The molecule has 0 unspecified atom stereocenters. The minimum Gasteiger partial charge on any atom is -0.497 e. The van der Waals surface area contributed by atoms with Gasteiger partial charge < -0.3 is 10.1 Å². The lowest BCUT2D eigenvalue weighted by Gasteiger charge is -2.13. The van der Waals surface area contributed by atoms with Gasteiger partial charge >= 0.3 is 6.18 Å². The first-order valence-electron chi connectivity index (χ1n) is 6.60. The Morgan fingerprint density at radius 2 is 1.73 bits per heavy atom. The number of aromatic nitrogens is 2. The molecule has 0 aliphatic rings. The molecule has 1 N–H and O–H groups in total. The van der Waals surface area contributed by atoms with Gasteiger partial charge in [0.25, 0.3) is 0 Å². The number of alkyl halides is 3. The summed E-state index contributed by atoms with van der Waals surface area (Å²) in [6, 6.07) is 7.24. The van der Waals surface area contributed by atoms with Crippen molar-refractivity contribution in [2.24, 2.45) is 0 Å². The van der Waals surface area contributed by atoms with Crippen LogP contribution in [0.4, 0.5) is 19.0 Å². The van der Waals surface area contributed by atoms with Gasteiger partial charge in [-0.15, -0.1) is 0 Å². The normalized spacial score (nSPS) is 11.4. The molecule has 0 amide bonds. The van der Waals surface area contributed by atoms with Crippen LogP contribution in [0, 0.1) is 13.8 Å². The smallest absolute Gasteiger partial charge is 0.451 e. The lowest BCUT2D eigenvalue weighted by molar-refractivity contribution is -0.145. The van der Waals surface area contributed by atoms with Crippen molar-refractivity contribution >= 4 is 5.82 Å². The van der Waals surface area contributed by atoms with E-state index in [0.717, 1.165) is 11.3 Å². The molecular formula is C15H16F3N3O.